The molecule has 1 N–H and O–H groups in total. The molecule has 158 valence electrons. The molecule has 2 aromatic rings. The zero-order chi connectivity index (χ0) is 21.6. The standard InChI is InChI=1S/C19H19NO4P2S4/c21-16(23-11-14-7-3-1-4-8-14)18(27)28-20-13-26-30-19(29-25)17(22)24-12-15-9-5-2-6-10-15/h1-10,13,19-20H,11-12,25H2. The number of nitrogens with one attached hydrogen (secondary N) is 1. The van der Waals surface area contributed by atoms with Crippen molar-refractivity contribution in [1.82, 2.24) is 4.72 Å². The van der Waals surface area contributed by atoms with Crippen molar-refractivity contribution in [2.75, 3.05) is 0 Å². The van der Waals surface area contributed by atoms with Crippen LogP contribution in [0, 0.1) is 0 Å². The molecule has 0 saturated heterocycles. The van der Waals surface area contributed by atoms with Crippen molar-refractivity contribution in [2.24, 2.45) is 0 Å². The number of hydrogen-bond acceptors (Lipinski definition) is 8. The Balaban J connectivity index is 1.65. The molecule has 30 heavy (non-hydrogen) atoms. The number of carbonyl (C=O) groups is 2. The van der Waals surface area contributed by atoms with Crippen molar-refractivity contribution < 1.29 is 19.1 Å². The number of esters is 2. The van der Waals surface area contributed by atoms with Crippen LogP contribution in [-0.4, -0.2) is 26.6 Å². The van der Waals surface area contributed by atoms with Crippen LogP contribution in [0.1, 0.15) is 11.1 Å². The second-order valence-electron chi connectivity index (χ2n) is 5.47. The number of thiocarbonyl (C=S) groups is 1. The summed E-state index contributed by atoms with van der Waals surface area (Å²) in [5, 5.41) is 0. The molecule has 0 aromatic heterocycles. The molecular formula is C19H19NO4P2S4. The summed E-state index contributed by atoms with van der Waals surface area (Å²) in [6.07, 6.45) is 0. The maximum absolute atomic E-state index is 12.2. The highest BCUT2D eigenvalue weighted by molar-refractivity contribution is 8.59. The third kappa shape index (κ3) is 9.92. The van der Waals surface area contributed by atoms with Crippen molar-refractivity contribution in [2.45, 2.75) is 17.8 Å². The molecule has 0 spiro atoms. The van der Waals surface area contributed by atoms with Gasteiger partial charge in [0.15, 0.2) is 8.78 Å². The lowest BCUT2D eigenvalue weighted by molar-refractivity contribution is -0.142. The fraction of sp³-hybridized carbons (Fsp3) is 0.158. The van der Waals surface area contributed by atoms with Gasteiger partial charge in [-0.25, -0.2) is 14.3 Å². The lowest BCUT2D eigenvalue weighted by Gasteiger charge is -2.11. The van der Waals surface area contributed by atoms with Gasteiger partial charge in [0.1, 0.15) is 13.2 Å². The number of rotatable bonds is 10. The van der Waals surface area contributed by atoms with Crippen LogP contribution >= 0.6 is 62.8 Å². The summed E-state index contributed by atoms with van der Waals surface area (Å²) in [6, 6.07) is 18.9. The lowest BCUT2D eigenvalue weighted by atomic mass is 10.2. The average Bonchev–Trinajstić information content (AvgIpc) is 2.79. The SMILES string of the molecule is O=C(OCc1ccccc1)C(=S)SN/C=P/SC(SP)C(=O)OCc1ccccc1. The Kier molecular flexibility index (Phi) is 12.7. The maximum Gasteiger partial charge on any atom is 0.357 e. The van der Waals surface area contributed by atoms with Crippen LogP contribution < -0.4 is 4.72 Å². The summed E-state index contributed by atoms with van der Waals surface area (Å²) < 4.78 is 13.1. The van der Waals surface area contributed by atoms with Crippen molar-refractivity contribution in [1.29, 1.82) is 0 Å². The number of benzene rings is 2. The minimum atomic E-state index is -0.549. The molecule has 5 nitrogen and oxygen atoms in total. The van der Waals surface area contributed by atoms with Gasteiger partial charge in [-0.3, -0.25) is 0 Å². The number of carbonyl (C=O) groups excluding carboxylic acids is 2. The number of ether oxygens (including phenoxy) is 2. The Labute approximate surface area is 197 Å². The predicted molar refractivity (Wildman–Crippen MR) is 137 cm³/mol. The monoisotopic (exact) mass is 515 g/mol. The first-order chi connectivity index (χ1) is 14.6. The summed E-state index contributed by atoms with van der Waals surface area (Å²) in [4.78, 5) is 24.1. The summed E-state index contributed by atoms with van der Waals surface area (Å²) in [7, 11) is 3.27. The molecule has 0 amide bonds. The van der Waals surface area contributed by atoms with Gasteiger partial charge in [0.2, 0.25) is 0 Å². The smallest absolute Gasteiger partial charge is 0.357 e. The molecule has 11 heteroatoms. The molecule has 0 bridgehead atoms. The normalized spacial score (nSPS) is 11.8. The van der Waals surface area contributed by atoms with E-state index in [1.165, 1.54) is 22.8 Å². The third-order valence-electron chi connectivity index (χ3n) is 3.33. The van der Waals surface area contributed by atoms with Gasteiger partial charge in [-0.15, -0.1) is 11.4 Å². The van der Waals surface area contributed by atoms with Crippen LogP contribution in [-0.2, 0) is 32.3 Å². The van der Waals surface area contributed by atoms with E-state index in [0.29, 0.717) is 0 Å². The van der Waals surface area contributed by atoms with Crippen molar-refractivity contribution >= 4 is 84.8 Å². The van der Waals surface area contributed by atoms with Crippen LogP contribution in [0.5, 0.6) is 0 Å². The van der Waals surface area contributed by atoms with Gasteiger partial charge in [0, 0.05) is 5.92 Å². The van der Waals surface area contributed by atoms with Crippen molar-refractivity contribution in [3.05, 3.63) is 71.8 Å². The maximum atomic E-state index is 12.2. The Morgan fingerprint density at radius 1 is 1.03 bits per heavy atom. The third-order valence-corrected chi connectivity index (χ3v) is 9.46. The first kappa shape index (κ1) is 25.3. The highest BCUT2D eigenvalue weighted by atomic mass is 32.7. The quantitative estimate of drug-likeness (QED) is 0.150. The largest absolute Gasteiger partial charge is 0.459 e. The molecular weight excluding hydrogens is 496 g/mol. The van der Waals surface area contributed by atoms with Gasteiger partial charge in [0.25, 0.3) is 0 Å². The first-order valence-corrected chi connectivity index (χ1v) is 14.5. The van der Waals surface area contributed by atoms with E-state index in [-0.39, 0.29) is 28.0 Å². The van der Waals surface area contributed by atoms with Gasteiger partial charge >= 0.3 is 11.9 Å². The van der Waals surface area contributed by atoms with E-state index in [9.17, 15) is 9.59 Å². The van der Waals surface area contributed by atoms with Crippen molar-refractivity contribution in [3.8, 4) is 0 Å². The molecule has 0 radical (unpaired) electrons. The summed E-state index contributed by atoms with van der Waals surface area (Å²) >= 11 is 8.76. The van der Waals surface area contributed by atoms with E-state index in [0.717, 1.165) is 30.5 Å². The summed E-state index contributed by atoms with van der Waals surface area (Å²) in [5.74, 6) is 0.856. The van der Waals surface area contributed by atoms with E-state index in [2.05, 4.69) is 13.2 Å². The average molecular weight is 516 g/mol. The Morgan fingerprint density at radius 2 is 1.60 bits per heavy atom. The van der Waals surface area contributed by atoms with E-state index in [4.69, 9.17) is 21.7 Å². The molecule has 0 aliphatic heterocycles. The van der Waals surface area contributed by atoms with Crippen LogP contribution in [0.4, 0.5) is 0 Å². The molecule has 0 heterocycles. The van der Waals surface area contributed by atoms with Crippen LogP contribution in [0.25, 0.3) is 0 Å². The lowest BCUT2D eigenvalue weighted by Crippen LogP contribution is -2.16. The summed E-state index contributed by atoms with van der Waals surface area (Å²) in [5.41, 5.74) is 1.84. The van der Waals surface area contributed by atoms with Crippen LogP contribution in [0.3, 0.4) is 0 Å². The van der Waals surface area contributed by atoms with Crippen LogP contribution in [0.2, 0.25) is 0 Å². The van der Waals surface area contributed by atoms with Crippen molar-refractivity contribution in [3.63, 3.8) is 0 Å². The topological polar surface area (TPSA) is 64.6 Å². The second-order valence-corrected chi connectivity index (χ2v) is 11.3. The highest BCUT2D eigenvalue weighted by Gasteiger charge is 2.19. The second kappa shape index (κ2) is 15.0. The van der Waals surface area contributed by atoms with E-state index < -0.39 is 5.97 Å². The molecule has 0 saturated carbocycles. The molecule has 2 atom stereocenters. The van der Waals surface area contributed by atoms with Gasteiger partial charge in [-0.05, 0) is 30.5 Å². The number of hydrogen-bond donors (Lipinski definition) is 1. The van der Waals surface area contributed by atoms with Gasteiger partial charge in [-0.2, -0.15) is 0 Å². The van der Waals surface area contributed by atoms with E-state index in [1.807, 2.05) is 60.7 Å². The minimum absolute atomic E-state index is 0.0848. The molecule has 2 aromatic carbocycles. The predicted octanol–water partition coefficient (Wildman–Crippen LogP) is 5.24. The van der Waals surface area contributed by atoms with Gasteiger partial charge < -0.3 is 9.47 Å². The zero-order valence-corrected chi connectivity index (χ0v) is 20.9. The minimum Gasteiger partial charge on any atom is -0.459 e. The Bertz CT molecular complexity index is 856. The molecule has 2 rings (SSSR count). The van der Waals surface area contributed by atoms with Crippen LogP contribution in [0.15, 0.2) is 60.7 Å². The molecule has 0 aliphatic carbocycles. The van der Waals surface area contributed by atoms with Gasteiger partial charge in [0.05, 0.1) is 0 Å². The summed E-state index contributed by atoms with van der Waals surface area (Å²) in [6.45, 7) is 0.423. The Hall–Kier alpha value is -0.920. The van der Waals surface area contributed by atoms with E-state index in [1.54, 1.807) is 5.92 Å². The fourth-order valence-electron chi connectivity index (χ4n) is 1.93. The van der Waals surface area contributed by atoms with E-state index >= 15 is 0 Å². The first-order valence-electron chi connectivity index (χ1n) is 8.51. The zero-order valence-electron chi connectivity index (χ0n) is 15.6. The highest BCUT2D eigenvalue weighted by Crippen LogP contribution is 2.37. The van der Waals surface area contributed by atoms with Gasteiger partial charge in [-0.1, -0.05) is 92.7 Å². The Morgan fingerprint density at radius 3 is 2.17 bits per heavy atom. The molecule has 0 aliphatic rings. The molecule has 2 unspecified atom stereocenters. The fourth-order valence-corrected chi connectivity index (χ4v) is 7.20. The molecule has 0 fully saturated rings.